The highest BCUT2D eigenvalue weighted by Gasteiger charge is 2.58. The quantitative estimate of drug-likeness (QED) is 0.875. The number of aryl methyl sites for hydroxylation is 1. The molecule has 1 fully saturated rings. The van der Waals surface area contributed by atoms with Crippen molar-refractivity contribution in [2.24, 2.45) is 11.1 Å². The summed E-state index contributed by atoms with van der Waals surface area (Å²) in [5, 5.41) is 0. The van der Waals surface area contributed by atoms with Crippen molar-refractivity contribution in [2.45, 2.75) is 52.3 Å². The van der Waals surface area contributed by atoms with E-state index in [9.17, 15) is 0 Å². The number of ether oxygens (including phenoxy) is 1. The van der Waals surface area contributed by atoms with Gasteiger partial charge in [-0.1, -0.05) is 43.7 Å². The molecule has 1 aliphatic rings. The number of nitrogens with two attached hydrogens (primary N) is 1. The molecule has 2 unspecified atom stereocenters. The molecule has 0 amide bonds. The fourth-order valence-corrected chi connectivity index (χ4v) is 3.44. The third-order valence-electron chi connectivity index (χ3n) is 5.09. The molecular formula is C18H30N2O. The van der Waals surface area contributed by atoms with E-state index in [0.717, 1.165) is 26.1 Å². The predicted octanol–water partition coefficient (Wildman–Crippen LogP) is 2.96. The van der Waals surface area contributed by atoms with Gasteiger partial charge in [0, 0.05) is 30.7 Å². The minimum atomic E-state index is -0.161. The second-order valence-electron chi connectivity index (χ2n) is 7.19. The number of nitrogens with zero attached hydrogens (tertiary/aromatic N) is 1. The van der Waals surface area contributed by atoms with Gasteiger partial charge in [0.15, 0.2) is 0 Å². The van der Waals surface area contributed by atoms with E-state index in [0.29, 0.717) is 6.10 Å². The molecule has 2 rings (SSSR count). The fraction of sp³-hybridized carbons (Fsp3) is 0.667. The molecule has 0 aromatic heterocycles. The molecule has 21 heavy (non-hydrogen) atoms. The van der Waals surface area contributed by atoms with Crippen LogP contribution in [0.2, 0.25) is 0 Å². The van der Waals surface area contributed by atoms with Crippen molar-refractivity contribution in [2.75, 3.05) is 20.2 Å². The summed E-state index contributed by atoms with van der Waals surface area (Å²) >= 11 is 0. The largest absolute Gasteiger partial charge is 0.378 e. The third-order valence-corrected chi connectivity index (χ3v) is 5.09. The monoisotopic (exact) mass is 290 g/mol. The third kappa shape index (κ3) is 3.31. The van der Waals surface area contributed by atoms with Crippen molar-refractivity contribution in [3.05, 3.63) is 35.4 Å². The molecule has 2 atom stereocenters. The Kier molecular flexibility index (Phi) is 4.76. The average Bonchev–Trinajstić information content (AvgIpc) is 2.38. The lowest BCUT2D eigenvalue weighted by molar-refractivity contribution is -0.155. The Bertz CT molecular complexity index is 486. The Labute approximate surface area is 129 Å². The molecule has 118 valence electrons. The van der Waals surface area contributed by atoms with Crippen molar-refractivity contribution < 1.29 is 4.74 Å². The van der Waals surface area contributed by atoms with E-state index in [4.69, 9.17) is 10.5 Å². The molecule has 3 nitrogen and oxygen atoms in total. The zero-order valence-corrected chi connectivity index (χ0v) is 14.1. The number of likely N-dealkylation sites (N-methyl/N-ethyl adjacent to an activating group) is 1. The summed E-state index contributed by atoms with van der Waals surface area (Å²) < 4.78 is 5.81. The van der Waals surface area contributed by atoms with Gasteiger partial charge in [-0.25, -0.2) is 0 Å². The van der Waals surface area contributed by atoms with Gasteiger partial charge in [-0.15, -0.1) is 0 Å². The molecule has 0 saturated heterocycles. The van der Waals surface area contributed by atoms with Crippen molar-refractivity contribution in [1.29, 1.82) is 0 Å². The van der Waals surface area contributed by atoms with Crippen molar-refractivity contribution in [1.82, 2.24) is 4.90 Å². The van der Waals surface area contributed by atoms with E-state index >= 15 is 0 Å². The average molecular weight is 290 g/mol. The van der Waals surface area contributed by atoms with Crippen LogP contribution in [0, 0.1) is 12.3 Å². The minimum Gasteiger partial charge on any atom is -0.378 e. The van der Waals surface area contributed by atoms with E-state index in [1.54, 1.807) is 0 Å². The summed E-state index contributed by atoms with van der Waals surface area (Å²) in [6, 6.07) is 8.68. The van der Waals surface area contributed by atoms with Crippen LogP contribution in [0.3, 0.4) is 0 Å². The lowest BCUT2D eigenvalue weighted by atomic mass is 9.54. The number of rotatable bonds is 6. The molecular weight excluding hydrogens is 260 g/mol. The molecule has 1 aromatic carbocycles. The maximum atomic E-state index is 6.66. The number of hydrogen-bond donors (Lipinski definition) is 1. The van der Waals surface area contributed by atoms with Gasteiger partial charge in [0.05, 0.1) is 6.10 Å². The normalized spacial score (nSPS) is 27.7. The van der Waals surface area contributed by atoms with Crippen molar-refractivity contribution in [3.8, 4) is 0 Å². The summed E-state index contributed by atoms with van der Waals surface area (Å²) in [6.45, 7) is 11.3. The van der Waals surface area contributed by atoms with Gasteiger partial charge >= 0.3 is 0 Å². The fourth-order valence-electron chi connectivity index (χ4n) is 3.44. The van der Waals surface area contributed by atoms with Gasteiger partial charge in [0.25, 0.3) is 0 Å². The highest BCUT2D eigenvalue weighted by atomic mass is 16.5. The van der Waals surface area contributed by atoms with Crippen LogP contribution < -0.4 is 5.73 Å². The summed E-state index contributed by atoms with van der Waals surface area (Å²) in [5.74, 6) is 0. The van der Waals surface area contributed by atoms with Gasteiger partial charge in [0.2, 0.25) is 0 Å². The van der Waals surface area contributed by atoms with E-state index in [-0.39, 0.29) is 11.0 Å². The lowest BCUT2D eigenvalue weighted by Gasteiger charge is -2.60. The zero-order valence-electron chi connectivity index (χ0n) is 14.1. The second-order valence-corrected chi connectivity index (χ2v) is 7.19. The molecule has 1 aliphatic carbocycles. The molecule has 1 saturated carbocycles. The standard InChI is InChI=1S/C18H30N2O/c1-6-21-16-11-18(19,17(16,3)4)13-20(5)12-15-9-7-8-14(2)10-15/h7-10,16H,6,11-13,19H2,1-5H3. The van der Waals surface area contributed by atoms with Crippen LogP contribution in [0.4, 0.5) is 0 Å². The topological polar surface area (TPSA) is 38.5 Å². The summed E-state index contributed by atoms with van der Waals surface area (Å²) in [6.07, 6.45) is 1.24. The molecule has 0 aliphatic heterocycles. The molecule has 0 bridgehead atoms. The zero-order chi connectivity index (χ0) is 15.7. The Balaban J connectivity index is 1.95. The van der Waals surface area contributed by atoms with Crippen LogP contribution in [0.25, 0.3) is 0 Å². The Morgan fingerprint density at radius 1 is 1.38 bits per heavy atom. The van der Waals surface area contributed by atoms with E-state index in [1.807, 2.05) is 0 Å². The molecule has 1 aromatic rings. The van der Waals surface area contributed by atoms with Crippen LogP contribution in [0.15, 0.2) is 24.3 Å². The second kappa shape index (κ2) is 6.07. The Hall–Kier alpha value is -0.900. The predicted molar refractivity (Wildman–Crippen MR) is 88.2 cm³/mol. The first kappa shape index (κ1) is 16.5. The van der Waals surface area contributed by atoms with Crippen LogP contribution in [0.5, 0.6) is 0 Å². The SMILES string of the molecule is CCOC1CC(N)(CN(C)Cc2cccc(C)c2)C1(C)C. The van der Waals surface area contributed by atoms with E-state index < -0.39 is 0 Å². The molecule has 0 spiro atoms. The van der Waals surface area contributed by atoms with Crippen LogP contribution >= 0.6 is 0 Å². The van der Waals surface area contributed by atoms with Gasteiger partial charge in [0.1, 0.15) is 0 Å². The summed E-state index contributed by atoms with van der Waals surface area (Å²) in [5.41, 5.74) is 9.19. The first-order valence-corrected chi connectivity index (χ1v) is 7.93. The maximum absolute atomic E-state index is 6.66. The number of benzene rings is 1. The Morgan fingerprint density at radius 2 is 2.10 bits per heavy atom. The first-order valence-electron chi connectivity index (χ1n) is 7.93. The lowest BCUT2D eigenvalue weighted by Crippen LogP contribution is -2.73. The van der Waals surface area contributed by atoms with Crippen molar-refractivity contribution in [3.63, 3.8) is 0 Å². The number of hydrogen-bond acceptors (Lipinski definition) is 3. The summed E-state index contributed by atoms with van der Waals surface area (Å²) in [7, 11) is 2.15. The van der Waals surface area contributed by atoms with Gasteiger partial charge in [-0.2, -0.15) is 0 Å². The first-order chi connectivity index (χ1) is 9.78. The van der Waals surface area contributed by atoms with E-state index in [1.165, 1.54) is 11.1 Å². The highest BCUT2D eigenvalue weighted by Crippen LogP contribution is 2.50. The van der Waals surface area contributed by atoms with Gasteiger partial charge < -0.3 is 15.4 Å². The van der Waals surface area contributed by atoms with Crippen LogP contribution in [-0.2, 0) is 11.3 Å². The Morgan fingerprint density at radius 3 is 2.67 bits per heavy atom. The minimum absolute atomic E-state index is 0.0316. The van der Waals surface area contributed by atoms with Crippen LogP contribution in [-0.4, -0.2) is 36.7 Å². The maximum Gasteiger partial charge on any atom is 0.0662 e. The van der Waals surface area contributed by atoms with Gasteiger partial charge in [-0.3, -0.25) is 0 Å². The van der Waals surface area contributed by atoms with Crippen molar-refractivity contribution >= 4 is 0 Å². The molecule has 0 radical (unpaired) electrons. The van der Waals surface area contributed by atoms with Crippen LogP contribution in [0.1, 0.15) is 38.3 Å². The molecule has 0 heterocycles. The van der Waals surface area contributed by atoms with E-state index in [2.05, 4.69) is 63.9 Å². The van der Waals surface area contributed by atoms with Gasteiger partial charge in [-0.05, 0) is 32.9 Å². The highest BCUT2D eigenvalue weighted by molar-refractivity contribution is 5.22. The summed E-state index contributed by atoms with van der Waals surface area (Å²) in [4.78, 5) is 2.33. The molecule has 3 heteroatoms. The smallest absolute Gasteiger partial charge is 0.0662 e. The molecule has 2 N–H and O–H groups in total.